The SMILES string of the molecule is O=[N+]([O-])c1cccc(OCC2CCNCC2)c1Br. The van der Waals surface area contributed by atoms with Gasteiger partial charge in [-0.3, -0.25) is 10.1 Å². The zero-order valence-electron chi connectivity index (χ0n) is 9.89. The average Bonchev–Trinajstić information content (AvgIpc) is 2.38. The molecule has 6 heteroatoms. The topological polar surface area (TPSA) is 64.4 Å². The van der Waals surface area contributed by atoms with Crippen LogP contribution in [0.25, 0.3) is 0 Å². The first-order chi connectivity index (χ1) is 8.68. The summed E-state index contributed by atoms with van der Waals surface area (Å²) in [5, 5.41) is 14.1. The number of nitro groups is 1. The van der Waals surface area contributed by atoms with Crippen molar-refractivity contribution in [3.05, 3.63) is 32.8 Å². The van der Waals surface area contributed by atoms with Gasteiger partial charge < -0.3 is 10.1 Å². The zero-order valence-corrected chi connectivity index (χ0v) is 11.5. The highest BCUT2D eigenvalue weighted by atomic mass is 79.9. The van der Waals surface area contributed by atoms with E-state index in [0.717, 1.165) is 25.9 Å². The zero-order chi connectivity index (χ0) is 13.0. The minimum Gasteiger partial charge on any atom is -0.492 e. The van der Waals surface area contributed by atoms with Crippen LogP contribution in [-0.4, -0.2) is 24.6 Å². The fourth-order valence-electron chi connectivity index (χ4n) is 2.01. The van der Waals surface area contributed by atoms with Crippen molar-refractivity contribution >= 4 is 21.6 Å². The average molecular weight is 315 g/mol. The molecule has 0 radical (unpaired) electrons. The van der Waals surface area contributed by atoms with Crippen molar-refractivity contribution in [2.45, 2.75) is 12.8 Å². The van der Waals surface area contributed by atoms with Crippen molar-refractivity contribution in [3.63, 3.8) is 0 Å². The molecule has 2 rings (SSSR count). The molecule has 0 unspecified atom stereocenters. The number of nitrogens with one attached hydrogen (secondary N) is 1. The number of rotatable bonds is 4. The molecule has 0 saturated carbocycles. The Morgan fingerprint density at radius 1 is 1.44 bits per heavy atom. The summed E-state index contributed by atoms with van der Waals surface area (Å²) in [5.74, 6) is 1.07. The first-order valence-corrected chi connectivity index (χ1v) is 6.74. The first-order valence-electron chi connectivity index (χ1n) is 5.95. The molecule has 0 aliphatic carbocycles. The van der Waals surface area contributed by atoms with Crippen molar-refractivity contribution in [2.75, 3.05) is 19.7 Å². The maximum atomic E-state index is 10.8. The van der Waals surface area contributed by atoms with Gasteiger partial charge in [0, 0.05) is 6.07 Å². The summed E-state index contributed by atoms with van der Waals surface area (Å²) < 4.78 is 6.11. The third-order valence-corrected chi connectivity index (χ3v) is 3.87. The van der Waals surface area contributed by atoms with Crippen molar-refractivity contribution in [1.29, 1.82) is 0 Å². The van der Waals surface area contributed by atoms with Crippen LogP contribution in [0, 0.1) is 16.0 Å². The quantitative estimate of drug-likeness (QED) is 0.685. The van der Waals surface area contributed by atoms with Crippen LogP contribution in [0.4, 0.5) is 5.69 Å². The van der Waals surface area contributed by atoms with Crippen LogP contribution in [0.5, 0.6) is 5.75 Å². The predicted octanol–water partition coefficient (Wildman–Crippen LogP) is 2.74. The maximum absolute atomic E-state index is 10.8. The fourth-order valence-corrected chi connectivity index (χ4v) is 2.53. The predicted molar refractivity (Wildman–Crippen MR) is 71.9 cm³/mol. The maximum Gasteiger partial charge on any atom is 0.287 e. The largest absolute Gasteiger partial charge is 0.492 e. The van der Waals surface area contributed by atoms with E-state index in [1.54, 1.807) is 12.1 Å². The van der Waals surface area contributed by atoms with Gasteiger partial charge in [-0.2, -0.15) is 0 Å². The Labute approximate surface area is 114 Å². The molecule has 1 N–H and O–H groups in total. The fraction of sp³-hybridized carbons (Fsp3) is 0.500. The Balaban J connectivity index is 2.00. The lowest BCUT2D eigenvalue weighted by Crippen LogP contribution is -2.30. The molecule has 1 aliphatic rings. The lowest BCUT2D eigenvalue weighted by atomic mass is 9.99. The molecule has 0 bridgehead atoms. The smallest absolute Gasteiger partial charge is 0.287 e. The minimum atomic E-state index is -0.415. The van der Waals surface area contributed by atoms with Gasteiger partial charge in [-0.25, -0.2) is 0 Å². The van der Waals surface area contributed by atoms with Crippen LogP contribution < -0.4 is 10.1 Å². The van der Waals surface area contributed by atoms with E-state index in [-0.39, 0.29) is 5.69 Å². The van der Waals surface area contributed by atoms with Crippen LogP contribution in [0.1, 0.15) is 12.8 Å². The van der Waals surface area contributed by atoms with E-state index in [2.05, 4.69) is 21.2 Å². The van der Waals surface area contributed by atoms with Gasteiger partial charge in [0.05, 0.1) is 11.5 Å². The lowest BCUT2D eigenvalue weighted by Gasteiger charge is -2.22. The van der Waals surface area contributed by atoms with Gasteiger partial charge in [0.25, 0.3) is 5.69 Å². The molecule has 1 fully saturated rings. The van der Waals surface area contributed by atoms with Gasteiger partial charge in [0.15, 0.2) is 0 Å². The van der Waals surface area contributed by atoms with E-state index in [4.69, 9.17) is 4.74 Å². The summed E-state index contributed by atoms with van der Waals surface area (Å²) in [6, 6.07) is 4.85. The molecule has 1 saturated heterocycles. The Hall–Kier alpha value is -1.14. The summed E-state index contributed by atoms with van der Waals surface area (Å²) in [6.45, 7) is 2.65. The van der Waals surface area contributed by atoms with Gasteiger partial charge in [0.2, 0.25) is 0 Å². The second kappa shape index (κ2) is 6.15. The van der Waals surface area contributed by atoms with Gasteiger partial charge in [-0.15, -0.1) is 0 Å². The van der Waals surface area contributed by atoms with Crippen molar-refractivity contribution < 1.29 is 9.66 Å². The van der Waals surface area contributed by atoms with Gasteiger partial charge in [-0.05, 0) is 53.8 Å². The molecule has 5 nitrogen and oxygen atoms in total. The number of piperidine rings is 1. The van der Waals surface area contributed by atoms with E-state index < -0.39 is 4.92 Å². The normalized spacial score (nSPS) is 16.5. The number of hydrogen-bond acceptors (Lipinski definition) is 4. The Morgan fingerprint density at radius 3 is 2.83 bits per heavy atom. The highest BCUT2D eigenvalue weighted by molar-refractivity contribution is 9.10. The molecule has 0 atom stereocenters. The second-order valence-electron chi connectivity index (χ2n) is 4.35. The Morgan fingerprint density at radius 2 is 2.17 bits per heavy atom. The number of halogens is 1. The lowest BCUT2D eigenvalue weighted by molar-refractivity contribution is -0.385. The number of hydrogen-bond donors (Lipinski definition) is 1. The summed E-state index contributed by atoms with van der Waals surface area (Å²) in [7, 11) is 0. The van der Waals surface area contributed by atoms with Crippen LogP contribution in [0.2, 0.25) is 0 Å². The van der Waals surface area contributed by atoms with E-state index >= 15 is 0 Å². The summed E-state index contributed by atoms with van der Waals surface area (Å²) >= 11 is 3.23. The minimum absolute atomic E-state index is 0.0396. The number of nitro benzene ring substituents is 1. The van der Waals surface area contributed by atoms with Crippen LogP contribution >= 0.6 is 15.9 Å². The molecule has 1 aromatic carbocycles. The molecule has 1 heterocycles. The number of nitrogens with zero attached hydrogens (tertiary/aromatic N) is 1. The van der Waals surface area contributed by atoms with E-state index in [9.17, 15) is 10.1 Å². The molecule has 1 aliphatic heterocycles. The van der Waals surface area contributed by atoms with Crippen LogP contribution in [-0.2, 0) is 0 Å². The van der Waals surface area contributed by atoms with Gasteiger partial charge in [0.1, 0.15) is 10.2 Å². The van der Waals surface area contributed by atoms with E-state index in [1.807, 2.05) is 0 Å². The third kappa shape index (κ3) is 3.20. The monoisotopic (exact) mass is 314 g/mol. The molecular formula is C12H15BrN2O3. The van der Waals surface area contributed by atoms with Gasteiger partial charge in [-0.1, -0.05) is 6.07 Å². The molecule has 1 aromatic rings. The van der Waals surface area contributed by atoms with Crippen molar-refractivity contribution in [1.82, 2.24) is 5.32 Å². The molecule has 0 aromatic heterocycles. The van der Waals surface area contributed by atoms with E-state index in [1.165, 1.54) is 6.07 Å². The Bertz CT molecular complexity index is 433. The van der Waals surface area contributed by atoms with Crippen molar-refractivity contribution in [2.24, 2.45) is 5.92 Å². The Kier molecular flexibility index (Phi) is 4.54. The highest BCUT2D eigenvalue weighted by Crippen LogP contribution is 2.34. The van der Waals surface area contributed by atoms with E-state index in [0.29, 0.717) is 22.7 Å². The summed E-state index contributed by atoms with van der Waals surface area (Å²) in [5.41, 5.74) is 0.0396. The van der Waals surface area contributed by atoms with Gasteiger partial charge >= 0.3 is 0 Å². The number of ether oxygens (including phenoxy) is 1. The third-order valence-electron chi connectivity index (χ3n) is 3.07. The second-order valence-corrected chi connectivity index (χ2v) is 5.14. The first kappa shape index (κ1) is 13.3. The number of benzene rings is 1. The molecule has 0 spiro atoms. The summed E-state index contributed by atoms with van der Waals surface area (Å²) in [6.07, 6.45) is 2.18. The van der Waals surface area contributed by atoms with Crippen LogP contribution in [0.15, 0.2) is 22.7 Å². The summed E-state index contributed by atoms with van der Waals surface area (Å²) in [4.78, 5) is 10.4. The van der Waals surface area contributed by atoms with Crippen LogP contribution in [0.3, 0.4) is 0 Å². The highest BCUT2D eigenvalue weighted by Gasteiger charge is 2.18. The molecule has 18 heavy (non-hydrogen) atoms. The molecular weight excluding hydrogens is 300 g/mol. The molecule has 0 amide bonds. The standard InChI is InChI=1S/C12H15BrN2O3/c13-12-10(15(16)17)2-1-3-11(12)18-8-9-4-6-14-7-5-9/h1-3,9,14H,4-8H2. The molecule has 98 valence electrons. The van der Waals surface area contributed by atoms with Crippen molar-refractivity contribution in [3.8, 4) is 5.75 Å².